The number of alkyl halides is 1. The highest BCUT2D eigenvalue weighted by atomic mass is 35.5. The molecule has 1 fully saturated rings. The molecular weight excluding hydrogens is 1610 g/mol. The summed E-state index contributed by atoms with van der Waals surface area (Å²) in [5, 5.41) is 90.8. The molecule has 1 heterocycles. The summed E-state index contributed by atoms with van der Waals surface area (Å²) in [6.07, 6.45) is -2.77. The number of alkyl carbamates (subject to hydrolysis) is 3. The van der Waals surface area contributed by atoms with E-state index in [1.165, 1.54) is 88.0 Å². The van der Waals surface area contributed by atoms with E-state index in [9.17, 15) is 117 Å². The highest BCUT2D eigenvalue weighted by Crippen LogP contribution is 2.20. The summed E-state index contributed by atoms with van der Waals surface area (Å²) in [6.45, 7) is 12.1. The lowest BCUT2D eigenvalue weighted by Crippen LogP contribution is -2.63. The Bertz CT molecular complexity index is 3440. The van der Waals surface area contributed by atoms with Crippen molar-refractivity contribution in [2.24, 2.45) is 16.2 Å². The van der Waals surface area contributed by atoms with E-state index >= 15 is 0 Å². The molecule has 44 heteroatoms. The zero-order valence-corrected chi connectivity index (χ0v) is 71.0. The molecule has 120 heavy (non-hydrogen) atoms. The number of hydrogen-bond donors (Lipinski definition) is 18. The van der Waals surface area contributed by atoms with Gasteiger partial charge in [-0.25, -0.2) is 24.0 Å². The fourth-order valence-electron chi connectivity index (χ4n) is 10.6. The third kappa shape index (κ3) is 44.7. The van der Waals surface area contributed by atoms with Crippen LogP contribution in [0.4, 0.5) is 14.4 Å². The Labute approximate surface area is 701 Å². The predicted octanol–water partition coefficient (Wildman–Crippen LogP) is 0.344. The highest BCUT2D eigenvalue weighted by molar-refractivity contribution is 6.18. The van der Waals surface area contributed by atoms with E-state index in [1.807, 2.05) is 10.6 Å². The van der Waals surface area contributed by atoms with Gasteiger partial charge >= 0.3 is 54.1 Å². The number of aliphatic hydroxyl groups excluding tert-OH is 4. The van der Waals surface area contributed by atoms with Gasteiger partial charge in [-0.3, -0.25) is 62.3 Å². The molecule has 43 nitrogen and oxygen atoms in total. The van der Waals surface area contributed by atoms with Crippen molar-refractivity contribution in [3.63, 3.8) is 0 Å². The van der Waals surface area contributed by atoms with E-state index < -0.39 is 280 Å². The molecule has 0 aromatic carbocycles. The lowest BCUT2D eigenvalue weighted by molar-refractivity contribution is -0.162. The fraction of sp³-hybridized carbons (Fsp3) is 0.737. The summed E-state index contributed by atoms with van der Waals surface area (Å²) < 4.78 is 34.8. The molecule has 0 aliphatic carbocycles. The van der Waals surface area contributed by atoms with Crippen molar-refractivity contribution >= 4 is 119 Å². The number of rotatable bonds is 41. The molecule has 0 bridgehead atoms. The third-order valence-electron chi connectivity index (χ3n) is 17.7. The van der Waals surface area contributed by atoms with Crippen molar-refractivity contribution in [3.05, 3.63) is 11.8 Å². The Kier molecular flexibility index (Phi) is 50.5. The molecular formula is C76H125ClN12O31. The van der Waals surface area contributed by atoms with Crippen LogP contribution in [0.25, 0.3) is 0 Å². The number of carboxylic acids is 2. The molecule has 682 valence electrons. The lowest BCUT2D eigenvalue weighted by Gasteiger charge is -2.29. The van der Waals surface area contributed by atoms with Gasteiger partial charge in [0.25, 0.3) is 5.91 Å². The quantitative estimate of drug-likeness (QED) is 0.00980. The Balaban J connectivity index is 4.35. The van der Waals surface area contributed by atoms with Crippen LogP contribution in [0.1, 0.15) is 218 Å². The van der Waals surface area contributed by atoms with Crippen molar-refractivity contribution < 1.29 is 150 Å². The van der Waals surface area contributed by atoms with E-state index in [-0.39, 0.29) is 25.8 Å². The van der Waals surface area contributed by atoms with Gasteiger partial charge in [0.2, 0.25) is 67.6 Å². The van der Waals surface area contributed by atoms with Gasteiger partial charge in [0.15, 0.2) is 12.1 Å². The number of esters is 4. The number of unbranched alkanes of at least 4 members (excludes halogenated alkanes) is 13. The molecule has 0 aromatic heterocycles. The van der Waals surface area contributed by atoms with Gasteiger partial charge in [-0.05, 0) is 115 Å². The highest BCUT2D eigenvalue weighted by Gasteiger charge is 2.42. The second-order valence-corrected chi connectivity index (χ2v) is 31.7. The molecule has 6 unspecified atom stereocenters. The standard InChI is InChI=1S/C76H125ClN12O31/c1-13-15-16-17-18-19-20-21-22-23-24-25-26-29-44(91)36-52(93)81-50-39-114-67(107)55(51(92)38-77)88-58(97)45(14-2)82-64(103)54(43(3)90)87-61(100)48(32-35-80-73(113)120-42-117-70(110)76(10,11)12)84-59(98)46(30-27-28-33-78-71(111)118-40-115-68(108)74(4,5)6)83-62(101)49(37-53(94)95)86-60(99)47(85-65(104)56(89-63(50)102)57(96)66(105)106)31-34-79-72(112)119-41-116-69(109)75(7,8)9/h14,43-44,46-51,54-57,90-92,96H,13,15-42H2,1-12H3,(H,78,111)(H,79,112)(H,80,113)(H,81,93)(H,82,103)(H,83,101)(H,84,98)(H,85,104)(H,86,99)(H,87,100)(H,88,97)(H,89,102)(H,94,95)(H,105,106)/b45-14+/t43-,44+,46?,47+,48-,49?,50?,51+,54?,55?,56?,57-/m0/s1. The summed E-state index contributed by atoms with van der Waals surface area (Å²) in [7, 11) is 0. The van der Waals surface area contributed by atoms with Gasteiger partial charge in [-0.1, -0.05) is 96.5 Å². The van der Waals surface area contributed by atoms with E-state index in [4.69, 9.17) is 44.8 Å². The number of carboxylic acid groups (broad SMARTS) is 2. The Hall–Kier alpha value is -10.3. The molecule has 12 atom stereocenters. The van der Waals surface area contributed by atoms with Gasteiger partial charge in [-0.15, -0.1) is 11.6 Å². The van der Waals surface area contributed by atoms with Crippen molar-refractivity contribution in [3.8, 4) is 0 Å². The van der Waals surface area contributed by atoms with Crippen molar-refractivity contribution in [2.75, 3.05) is 52.5 Å². The summed E-state index contributed by atoms with van der Waals surface area (Å²) in [5.74, 6) is -22.4. The number of aliphatic hydroxyl groups is 4. The first-order valence-corrected chi connectivity index (χ1v) is 40.2. The second-order valence-electron chi connectivity index (χ2n) is 31.4. The number of ether oxygens (including phenoxy) is 7. The molecule has 1 saturated heterocycles. The van der Waals surface area contributed by atoms with Crippen molar-refractivity contribution in [1.29, 1.82) is 0 Å². The molecule has 18 N–H and O–H groups in total. The molecule has 0 radical (unpaired) electrons. The van der Waals surface area contributed by atoms with Gasteiger partial charge in [0, 0.05) is 19.6 Å². The van der Waals surface area contributed by atoms with Crippen LogP contribution in [-0.4, -0.2) is 263 Å². The van der Waals surface area contributed by atoms with Crippen LogP contribution in [-0.2, 0) is 105 Å². The third-order valence-corrected chi connectivity index (χ3v) is 18.0. The Morgan fingerprint density at radius 2 is 0.900 bits per heavy atom. The summed E-state index contributed by atoms with van der Waals surface area (Å²) in [4.78, 5) is 245. The lowest BCUT2D eigenvalue weighted by atomic mass is 9.97. The average molecular weight is 1740 g/mol. The minimum atomic E-state index is -3.04. The van der Waals surface area contributed by atoms with E-state index in [1.54, 1.807) is 0 Å². The first-order chi connectivity index (χ1) is 56.2. The van der Waals surface area contributed by atoms with Crippen LogP contribution in [0.2, 0.25) is 0 Å². The van der Waals surface area contributed by atoms with Crippen LogP contribution in [0.3, 0.4) is 0 Å². The second kappa shape index (κ2) is 56.3. The number of hydrogen-bond acceptors (Lipinski definition) is 29. The van der Waals surface area contributed by atoms with Crippen LogP contribution >= 0.6 is 11.6 Å². The SMILES string of the molecule is C/C=C1/NC(=O)C([C@H](C)O)NC(=O)[C@H](CCNC(=O)OCOC(=O)C(C)(C)C)NC(=O)C(CCCCNC(=O)OCOC(=O)C(C)(C)C)NC(=O)C(CC(=O)O)NC(=O)[C@@H](CCNC(=O)OCOC(=O)C(C)(C)C)NC(=O)C([C@H](O)C(=O)O)NC(=O)C(NC(=O)C[C@H](O)CCCCCCCCCCCCCCC)COC(=O)C([C@H](O)CCl)NC1=O. The normalized spacial score (nSPS) is 20.6. The van der Waals surface area contributed by atoms with E-state index in [2.05, 4.69) is 60.1 Å². The molecule has 0 saturated carbocycles. The number of carbonyl (C=O) groups is 18. The minimum Gasteiger partial charge on any atom is -0.481 e. The Morgan fingerprint density at radius 1 is 0.492 bits per heavy atom. The molecule has 0 aromatic rings. The maximum atomic E-state index is 14.8. The monoisotopic (exact) mass is 1740 g/mol. The summed E-state index contributed by atoms with van der Waals surface area (Å²) in [5.41, 5.74) is -3.88. The summed E-state index contributed by atoms with van der Waals surface area (Å²) in [6, 6.07) is -18.2. The number of carbonyl (C=O) groups excluding carboxylic acids is 16. The van der Waals surface area contributed by atoms with Crippen molar-refractivity contribution in [1.82, 2.24) is 63.8 Å². The smallest absolute Gasteiger partial charge is 0.410 e. The number of nitrogens with one attached hydrogen (secondary N) is 12. The van der Waals surface area contributed by atoms with Gasteiger partial charge in [0.1, 0.15) is 54.6 Å². The first kappa shape index (κ1) is 108. The van der Waals surface area contributed by atoms with Gasteiger partial charge in [0.05, 0.1) is 53.3 Å². The predicted molar refractivity (Wildman–Crippen MR) is 421 cm³/mol. The van der Waals surface area contributed by atoms with Crippen LogP contribution in [0.5, 0.6) is 0 Å². The van der Waals surface area contributed by atoms with Gasteiger partial charge in [-0.2, -0.15) is 0 Å². The largest absolute Gasteiger partial charge is 0.481 e. The summed E-state index contributed by atoms with van der Waals surface area (Å²) >= 11 is 5.98. The zero-order chi connectivity index (χ0) is 91.0. The average Bonchev–Trinajstić information content (AvgIpc) is 0.840. The fourth-order valence-corrected chi connectivity index (χ4v) is 10.8. The molecule has 1 aliphatic rings. The van der Waals surface area contributed by atoms with Crippen LogP contribution in [0, 0.1) is 16.2 Å². The number of amides is 12. The van der Waals surface area contributed by atoms with Crippen LogP contribution < -0.4 is 63.8 Å². The number of aliphatic carboxylic acids is 2. The van der Waals surface area contributed by atoms with Crippen molar-refractivity contribution in [2.45, 2.75) is 291 Å². The maximum absolute atomic E-state index is 14.8. The number of halogens is 1. The van der Waals surface area contributed by atoms with E-state index in [0.717, 1.165) is 64.9 Å². The van der Waals surface area contributed by atoms with Gasteiger partial charge < -0.3 is 128 Å². The molecule has 0 spiro atoms. The maximum Gasteiger partial charge on any atom is 0.410 e. The topological polar surface area (TPSA) is 638 Å². The van der Waals surface area contributed by atoms with Crippen LogP contribution in [0.15, 0.2) is 11.8 Å². The first-order valence-electron chi connectivity index (χ1n) is 39.7. The molecule has 12 amide bonds. The Morgan fingerprint density at radius 3 is 1.32 bits per heavy atom. The number of allylic oxidation sites excluding steroid dienone is 1. The molecule has 1 rings (SSSR count). The molecule has 1 aliphatic heterocycles. The van der Waals surface area contributed by atoms with E-state index in [0.29, 0.717) is 12.8 Å². The zero-order valence-electron chi connectivity index (χ0n) is 70.3. The number of cyclic esters (lactones) is 1. The minimum absolute atomic E-state index is 0.0619.